The molecule has 4 rings (SSSR count). The lowest BCUT2D eigenvalue weighted by Crippen LogP contribution is -2.24. The fourth-order valence-corrected chi connectivity index (χ4v) is 2.89. The second-order valence-corrected chi connectivity index (χ2v) is 6.41. The number of methoxy groups -OCH3 is 1. The number of ether oxygens (including phenoxy) is 3. The lowest BCUT2D eigenvalue weighted by Gasteiger charge is -2.10. The van der Waals surface area contributed by atoms with E-state index in [1.165, 1.54) is 0 Å². The van der Waals surface area contributed by atoms with Gasteiger partial charge in [-0.05, 0) is 36.8 Å². The molecule has 2 aromatic carbocycles. The van der Waals surface area contributed by atoms with Crippen LogP contribution < -0.4 is 24.8 Å². The van der Waals surface area contributed by atoms with Gasteiger partial charge in [0.05, 0.1) is 7.11 Å². The maximum atomic E-state index is 12.6. The van der Waals surface area contributed by atoms with Crippen molar-refractivity contribution in [2.75, 3.05) is 19.2 Å². The third-order valence-electron chi connectivity index (χ3n) is 4.33. The van der Waals surface area contributed by atoms with Gasteiger partial charge < -0.3 is 24.8 Å². The van der Waals surface area contributed by atoms with Crippen LogP contribution in [0, 0.1) is 6.92 Å². The Morgan fingerprint density at radius 3 is 2.66 bits per heavy atom. The number of hydrogen-bond donors (Lipinski definition) is 2. The summed E-state index contributed by atoms with van der Waals surface area (Å²) < 4.78 is 15.8. The Balaban J connectivity index is 1.45. The topological polar surface area (TPSA) is 94.6 Å². The average Bonchev–Trinajstić information content (AvgIpc) is 3.20. The summed E-state index contributed by atoms with van der Waals surface area (Å²) in [4.78, 5) is 21.2. The van der Waals surface area contributed by atoms with Crippen molar-refractivity contribution in [1.82, 2.24) is 15.3 Å². The van der Waals surface area contributed by atoms with Crippen LogP contribution >= 0.6 is 0 Å². The molecule has 0 saturated carbocycles. The Bertz CT molecular complexity index is 1040. The van der Waals surface area contributed by atoms with Crippen molar-refractivity contribution < 1.29 is 19.0 Å². The van der Waals surface area contributed by atoms with Crippen molar-refractivity contribution in [3.63, 3.8) is 0 Å². The summed E-state index contributed by atoms with van der Waals surface area (Å²) in [5.41, 5.74) is 2.02. The molecule has 29 heavy (non-hydrogen) atoms. The van der Waals surface area contributed by atoms with Crippen LogP contribution in [0.2, 0.25) is 0 Å². The molecule has 8 nitrogen and oxygen atoms in total. The van der Waals surface area contributed by atoms with E-state index in [0.717, 1.165) is 17.0 Å². The van der Waals surface area contributed by atoms with Gasteiger partial charge in [-0.1, -0.05) is 12.1 Å². The number of anilines is 2. The van der Waals surface area contributed by atoms with Crippen LogP contribution in [-0.4, -0.2) is 29.8 Å². The second kappa shape index (κ2) is 8.05. The Labute approximate surface area is 167 Å². The van der Waals surface area contributed by atoms with Crippen LogP contribution in [0.25, 0.3) is 0 Å². The Morgan fingerprint density at radius 1 is 1.07 bits per heavy atom. The first-order valence-corrected chi connectivity index (χ1v) is 9.04. The second-order valence-electron chi connectivity index (χ2n) is 6.41. The first kappa shape index (κ1) is 18.5. The standard InChI is InChI=1S/C21H20N4O4/c1-13-23-17(21(26)22-11-14-3-6-16(27-2)7-4-14)10-20(24-13)25-15-5-8-18-19(9-15)29-12-28-18/h3-10H,11-12H2,1-2H3,(H,22,26)(H,23,24,25). The van der Waals surface area contributed by atoms with Crippen LogP contribution in [0.4, 0.5) is 11.5 Å². The molecule has 1 aliphatic heterocycles. The van der Waals surface area contributed by atoms with E-state index in [0.29, 0.717) is 29.7 Å². The molecule has 0 bridgehead atoms. The maximum Gasteiger partial charge on any atom is 0.270 e. The number of rotatable bonds is 6. The molecule has 2 heterocycles. The molecule has 0 saturated heterocycles. The van der Waals surface area contributed by atoms with Crippen LogP contribution in [0.15, 0.2) is 48.5 Å². The molecule has 1 aliphatic rings. The smallest absolute Gasteiger partial charge is 0.270 e. The lowest BCUT2D eigenvalue weighted by atomic mass is 10.2. The fourth-order valence-electron chi connectivity index (χ4n) is 2.89. The van der Waals surface area contributed by atoms with Crippen molar-refractivity contribution in [2.45, 2.75) is 13.5 Å². The number of nitrogens with one attached hydrogen (secondary N) is 2. The number of fused-ring (bicyclic) bond motifs is 1. The van der Waals surface area contributed by atoms with Gasteiger partial charge in [-0.2, -0.15) is 0 Å². The minimum atomic E-state index is -0.278. The third-order valence-corrected chi connectivity index (χ3v) is 4.33. The number of carbonyl (C=O) groups is 1. The largest absolute Gasteiger partial charge is 0.497 e. The Kier molecular flexibility index (Phi) is 5.15. The van der Waals surface area contributed by atoms with Gasteiger partial charge in [0.15, 0.2) is 11.5 Å². The first-order valence-electron chi connectivity index (χ1n) is 9.04. The molecule has 3 aromatic rings. The van der Waals surface area contributed by atoms with Gasteiger partial charge in [0.1, 0.15) is 23.1 Å². The van der Waals surface area contributed by atoms with Gasteiger partial charge in [-0.25, -0.2) is 9.97 Å². The molecule has 0 spiro atoms. The van der Waals surface area contributed by atoms with Crippen molar-refractivity contribution >= 4 is 17.4 Å². The summed E-state index contributed by atoms with van der Waals surface area (Å²) in [5, 5.41) is 6.05. The number of aromatic nitrogens is 2. The van der Waals surface area contributed by atoms with E-state index in [1.54, 1.807) is 20.1 Å². The molecule has 0 atom stereocenters. The van der Waals surface area contributed by atoms with Gasteiger partial charge >= 0.3 is 0 Å². The maximum absolute atomic E-state index is 12.6. The van der Waals surface area contributed by atoms with Gasteiger partial charge in [-0.15, -0.1) is 0 Å². The zero-order chi connectivity index (χ0) is 20.2. The molecule has 0 radical (unpaired) electrons. The monoisotopic (exact) mass is 392 g/mol. The van der Waals surface area contributed by atoms with Gasteiger partial charge in [-0.3, -0.25) is 4.79 Å². The molecule has 0 unspecified atom stereocenters. The Morgan fingerprint density at radius 2 is 1.86 bits per heavy atom. The van der Waals surface area contributed by atoms with E-state index >= 15 is 0 Å². The summed E-state index contributed by atoms with van der Waals surface area (Å²) in [6.45, 7) is 2.34. The zero-order valence-corrected chi connectivity index (χ0v) is 16.1. The highest BCUT2D eigenvalue weighted by Crippen LogP contribution is 2.34. The predicted octanol–water partition coefficient (Wildman–Crippen LogP) is 3.20. The molecule has 0 fully saturated rings. The molecule has 8 heteroatoms. The highest BCUT2D eigenvalue weighted by molar-refractivity contribution is 5.93. The average molecular weight is 392 g/mol. The molecule has 2 N–H and O–H groups in total. The number of aryl methyl sites for hydroxylation is 1. The minimum Gasteiger partial charge on any atom is -0.497 e. The van der Waals surface area contributed by atoms with E-state index < -0.39 is 0 Å². The van der Waals surface area contributed by atoms with Gasteiger partial charge in [0.25, 0.3) is 5.91 Å². The molecular formula is C21H20N4O4. The van der Waals surface area contributed by atoms with E-state index in [9.17, 15) is 4.79 Å². The van der Waals surface area contributed by atoms with Crippen LogP contribution in [0.3, 0.4) is 0 Å². The summed E-state index contributed by atoms with van der Waals surface area (Å²) in [6, 6.07) is 14.6. The summed E-state index contributed by atoms with van der Waals surface area (Å²) >= 11 is 0. The Hall–Kier alpha value is -3.81. The summed E-state index contributed by atoms with van der Waals surface area (Å²) in [6.07, 6.45) is 0. The zero-order valence-electron chi connectivity index (χ0n) is 16.1. The quantitative estimate of drug-likeness (QED) is 0.665. The van der Waals surface area contributed by atoms with Crippen molar-refractivity contribution in [1.29, 1.82) is 0 Å². The van der Waals surface area contributed by atoms with Crippen molar-refractivity contribution in [3.05, 3.63) is 65.6 Å². The molecule has 1 amide bonds. The highest BCUT2D eigenvalue weighted by atomic mass is 16.7. The third kappa shape index (κ3) is 4.37. The molecule has 1 aromatic heterocycles. The number of nitrogens with zero attached hydrogens (tertiary/aromatic N) is 2. The SMILES string of the molecule is COc1ccc(CNC(=O)c2cc(Nc3ccc4c(c3)OCO4)nc(C)n2)cc1. The van der Waals surface area contributed by atoms with Crippen LogP contribution in [0.5, 0.6) is 17.2 Å². The van der Waals surface area contributed by atoms with Gasteiger partial charge in [0.2, 0.25) is 6.79 Å². The fraction of sp³-hybridized carbons (Fsp3) is 0.190. The lowest BCUT2D eigenvalue weighted by molar-refractivity contribution is 0.0945. The van der Waals surface area contributed by atoms with Gasteiger partial charge in [0, 0.05) is 24.4 Å². The predicted molar refractivity (Wildman–Crippen MR) is 107 cm³/mol. The van der Waals surface area contributed by atoms with E-state index in [-0.39, 0.29) is 18.4 Å². The molecule has 148 valence electrons. The highest BCUT2D eigenvalue weighted by Gasteiger charge is 2.15. The number of benzene rings is 2. The number of carbonyl (C=O) groups excluding carboxylic acids is 1. The van der Waals surface area contributed by atoms with E-state index in [4.69, 9.17) is 14.2 Å². The normalized spacial score (nSPS) is 11.8. The minimum absolute atomic E-state index is 0.212. The molecular weight excluding hydrogens is 372 g/mol. The molecule has 0 aliphatic carbocycles. The first-order chi connectivity index (χ1) is 14.1. The summed E-state index contributed by atoms with van der Waals surface area (Å²) in [7, 11) is 1.61. The van der Waals surface area contributed by atoms with Crippen molar-refractivity contribution in [3.8, 4) is 17.2 Å². The van der Waals surface area contributed by atoms with E-state index in [2.05, 4.69) is 20.6 Å². The number of hydrogen-bond acceptors (Lipinski definition) is 7. The number of amides is 1. The van der Waals surface area contributed by atoms with Crippen LogP contribution in [0.1, 0.15) is 21.9 Å². The summed E-state index contributed by atoms with van der Waals surface area (Å²) in [5.74, 6) is 2.87. The van der Waals surface area contributed by atoms with Crippen molar-refractivity contribution in [2.24, 2.45) is 0 Å². The van der Waals surface area contributed by atoms with E-state index in [1.807, 2.05) is 42.5 Å². The van der Waals surface area contributed by atoms with Crippen LogP contribution in [-0.2, 0) is 6.54 Å².